The minimum Gasteiger partial charge on any atom is -0.493 e. The second kappa shape index (κ2) is 10.8. The number of rotatable bonds is 6. The van der Waals surface area contributed by atoms with Crippen LogP contribution in [-0.4, -0.2) is 79.7 Å². The van der Waals surface area contributed by atoms with Crippen LogP contribution in [0, 0.1) is 17.6 Å². The van der Waals surface area contributed by atoms with Gasteiger partial charge in [0, 0.05) is 48.6 Å². The third-order valence-corrected chi connectivity index (χ3v) is 9.45. The van der Waals surface area contributed by atoms with Crippen LogP contribution in [0.1, 0.15) is 42.2 Å². The molecule has 2 aliphatic rings. The molecule has 3 heterocycles. The number of pyridine rings is 1. The number of amides is 2. The topological polar surface area (TPSA) is 115 Å². The number of sulfone groups is 1. The lowest BCUT2D eigenvalue weighted by Crippen LogP contribution is -2.47. The highest BCUT2D eigenvalue weighted by Crippen LogP contribution is 2.55. The average Bonchev–Trinajstić information content (AvgIpc) is 3.50. The van der Waals surface area contributed by atoms with Crippen LogP contribution < -0.4 is 10.1 Å². The molecule has 2 aliphatic heterocycles. The lowest BCUT2D eigenvalue weighted by Gasteiger charge is -2.32. The number of anilines is 1. The summed E-state index contributed by atoms with van der Waals surface area (Å²) in [7, 11) is -2.34. The van der Waals surface area contributed by atoms with E-state index in [2.05, 4.69) is 10.3 Å². The Kier molecular flexibility index (Phi) is 8.08. The van der Waals surface area contributed by atoms with E-state index in [1.165, 1.54) is 30.2 Å². The van der Waals surface area contributed by atoms with Crippen LogP contribution in [0.15, 0.2) is 30.5 Å². The third-order valence-electron chi connectivity index (χ3n) is 7.85. The quantitative estimate of drug-likeness (QED) is 0.500. The molecule has 2 amide bonds. The Bertz CT molecular complexity index is 1470. The van der Waals surface area contributed by atoms with Crippen LogP contribution in [0.5, 0.6) is 5.75 Å². The van der Waals surface area contributed by atoms with E-state index in [0.29, 0.717) is 0 Å². The van der Waals surface area contributed by atoms with Crippen molar-refractivity contribution in [3.63, 3.8) is 0 Å². The van der Waals surface area contributed by atoms with Gasteiger partial charge in [-0.1, -0.05) is 13.0 Å². The summed E-state index contributed by atoms with van der Waals surface area (Å²) in [6.07, 6.45) is -4.22. The van der Waals surface area contributed by atoms with E-state index in [0.717, 1.165) is 32.4 Å². The molecule has 41 heavy (non-hydrogen) atoms. The predicted molar refractivity (Wildman–Crippen MR) is 136 cm³/mol. The summed E-state index contributed by atoms with van der Waals surface area (Å²) in [5.74, 6) is -7.83. The molecular formula is C26H28F5N3O6S. The molecule has 1 aromatic carbocycles. The maximum absolute atomic E-state index is 14.5. The first-order chi connectivity index (χ1) is 19.0. The normalized spacial score (nSPS) is 26.7. The first-order valence-electron chi connectivity index (χ1n) is 12.5. The molecule has 1 N–H and O–H groups in total. The number of carbonyl (C=O) groups excluding carboxylic acids is 2. The summed E-state index contributed by atoms with van der Waals surface area (Å²) in [6, 6.07) is 4.27. The zero-order valence-electron chi connectivity index (χ0n) is 22.5. The zero-order valence-corrected chi connectivity index (χ0v) is 23.3. The lowest BCUT2D eigenvalue weighted by atomic mass is 9.77. The fourth-order valence-corrected chi connectivity index (χ4v) is 6.29. The number of alkyl halides is 3. The van der Waals surface area contributed by atoms with Gasteiger partial charge < -0.3 is 19.7 Å². The summed E-state index contributed by atoms with van der Waals surface area (Å²) in [5, 5.41) is 1.71. The number of hydrogen-bond acceptors (Lipinski definition) is 7. The van der Waals surface area contributed by atoms with E-state index in [-0.39, 0.29) is 36.5 Å². The fraction of sp³-hybridized carbons (Fsp3) is 0.500. The van der Waals surface area contributed by atoms with Crippen LogP contribution in [0.2, 0.25) is 0 Å². The van der Waals surface area contributed by atoms with E-state index in [1.54, 1.807) is 0 Å². The van der Waals surface area contributed by atoms with Gasteiger partial charge in [0.15, 0.2) is 27.0 Å². The van der Waals surface area contributed by atoms with Gasteiger partial charge in [0.1, 0.15) is 11.8 Å². The maximum Gasteiger partial charge on any atom is 0.417 e. The van der Waals surface area contributed by atoms with Crippen LogP contribution in [0.4, 0.5) is 27.6 Å². The van der Waals surface area contributed by atoms with Crippen molar-refractivity contribution in [2.45, 2.75) is 49.3 Å². The number of aromatic nitrogens is 1. The molecule has 0 aliphatic carbocycles. The highest BCUT2D eigenvalue weighted by Gasteiger charge is 2.66. The minimum atomic E-state index is -4.93. The molecule has 9 nitrogen and oxygen atoms in total. The van der Waals surface area contributed by atoms with E-state index < -0.39 is 74.0 Å². The highest BCUT2D eigenvalue weighted by molar-refractivity contribution is 7.91. The Balaban J connectivity index is 1.64. The van der Waals surface area contributed by atoms with Gasteiger partial charge in [0.05, 0.1) is 12.4 Å². The maximum atomic E-state index is 14.5. The molecule has 2 fully saturated rings. The van der Waals surface area contributed by atoms with Crippen molar-refractivity contribution in [2.75, 3.05) is 31.8 Å². The van der Waals surface area contributed by atoms with Crippen molar-refractivity contribution >= 4 is 27.3 Å². The first-order valence-corrected chi connectivity index (χ1v) is 14.5. The number of carbonyl (C=O) groups is 2. The molecular weight excluding hydrogens is 577 g/mol. The Morgan fingerprint density at radius 1 is 1.22 bits per heavy atom. The first kappa shape index (κ1) is 30.6. The van der Waals surface area contributed by atoms with Gasteiger partial charge in [-0.15, -0.1) is 0 Å². The van der Waals surface area contributed by atoms with Crippen LogP contribution in [-0.2, 0) is 19.4 Å². The van der Waals surface area contributed by atoms with Gasteiger partial charge in [0.2, 0.25) is 5.82 Å². The molecule has 1 aromatic heterocycles. The number of nitrogens with one attached hydrogen (secondary N) is 1. The predicted octanol–water partition coefficient (Wildman–Crippen LogP) is 3.71. The molecule has 4 rings (SSSR count). The van der Waals surface area contributed by atoms with Crippen LogP contribution >= 0.6 is 0 Å². The molecule has 0 radical (unpaired) electrons. The number of nitrogens with zero attached hydrogens (tertiary/aromatic N) is 2. The third kappa shape index (κ3) is 5.61. The van der Waals surface area contributed by atoms with Crippen molar-refractivity contribution in [1.29, 1.82) is 0 Å². The SMILES string of the molecule is COc1c([C@H]2[C@H](C(=O)Nc3ccnc(C(=O)N4CCC(S(C)(=O)=O)C4)c3)O[C@@](C)(C(F)(F)F)[C@H]2C)ccc(F)c1F. The number of ether oxygens (including phenoxy) is 2. The molecule has 0 bridgehead atoms. The number of methoxy groups -OCH3 is 1. The standard InChI is InChI=1S/C26H28F5N3O6S/c1-13-19(16-5-6-17(27)20(28)21(16)39-3)22(40-25(13,2)26(29,30)31)23(35)33-14-7-9-32-18(11-14)24(36)34-10-8-15(12-34)41(4,37)38/h5-7,9,11,13,15,19,22H,8,10,12H2,1-4H3,(H,32,33,35)/t13-,15?,19-,22+,25+/m0/s1. The summed E-state index contributed by atoms with van der Waals surface area (Å²) in [5.41, 5.74) is -3.15. The Morgan fingerprint density at radius 3 is 2.49 bits per heavy atom. The van der Waals surface area contributed by atoms with Gasteiger partial charge in [-0.25, -0.2) is 12.8 Å². The molecule has 224 valence electrons. The largest absolute Gasteiger partial charge is 0.493 e. The second-order valence-corrected chi connectivity index (χ2v) is 12.7. The second-order valence-electron chi connectivity index (χ2n) is 10.4. The number of benzene rings is 1. The smallest absolute Gasteiger partial charge is 0.417 e. The Labute approximate surface area is 232 Å². The van der Waals surface area contributed by atoms with Crippen molar-refractivity contribution in [3.05, 3.63) is 53.4 Å². The highest BCUT2D eigenvalue weighted by atomic mass is 32.2. The molecule has 1 unspecified atom stereocenters. The van der Waals surface area contributed by atoms with Crippen molar-refractivity contribution in [1.82, 2.24) is 9.88 Å². The molecule has 2 saturated heterocycles. The minimum absolute atomic E-state index is 0.0000708. The summed E-state index contributed by atoms with van der Waals surface area (Å²) >= 11 is 0. The van der Waals surface area contributed by atoms with Crippen molar-refractivity contribution < 1.29 is 49.4 Å². The molecule has 2 aromatic rings. The average molecular weight is 606 g/mol. The van der Waals surface area contributed by atoms with E-state index >= 15 is 0 Å². The van der Waals surface area contributed by atoms with E-state index in [1.807, 2.05) is 0 Å². The lowest BCUT2D eigenvalue weighted by molar-refractivity contribution is -0.272. The van der Waals surface area contributed by atoms with Gasteiger partial charge in [-0.05, 0) is 31.5 Å². The molecule has 15 heteroatoms. The fourth-order valence-electron chi connectivity index (χ4n) is 5.30. The molecule has 5 atom stereocenters. The Hall–Kier alpha value is -3.33. The van der Waals surface area contributed by atoms with Gasteiger partial charge in [-0.3, -0.25) is 14.6 Å². The van der Waals surface area contributed by atoms with E-state index in [9.17, 15) is 40.0 Å². The van der Waals surface area contributed by atoms with E-state index in [4.69, 9.17) is 9.47 Å². The summed E-state index contributed by atoms with van der Waals surface area (Å²) in [4.78, 5) is 31.6. The number of hydrogen-bond donors (Lipinski definition) is 1. The monoisotopic (exact) mass is 605 g/mol. The Morgan fingerprint density at radius 2 is 1.90 bits per heavy atom. The van der Waals surface area contributed by atoms with Crippen LogP contribution in [0.25, 0.3) is 0 Å². The number of likely N-dealkylation sites (tertiary alicyclic amines) is 1. The summed E-state index contributed by atoms with van der Waals surface area (Å²) in [6.45, 7) is 2.11. The number of halogens is 5. The van der Waals surface area contributed by atoms with Crippen LogP contribution in [0.3, 0.4) is 0 Å². The van der Waals surface area contributed by atoms with Crippen molar-refractivity contribution in [3.8, 4) is 5.75 Å². The molecule has 0 spiro atoms. The van der Waals surface area contributed by atoms with Gasteiger partial charge >= 0.3 is 6.18 Å². The van der Waals surface area contributed by atoms with Crippen molar-refractivity contribution in [2.24, 2.45) is 5.92 Å². The molecule has 0 saturated carbocycles. The zero-order chi connectivity index (χ0) is 30.5. The van der Waals surface area contributed by atoms with Gasteiger partial charge in [-0.2, -0.15) is 17.6 Å². The summed E-state index contributed by atoms with van der Waals surface area (Å²) < 4.78 is 105. The van der Waals surface area contributed by atoms with Gasteiger partial charge in [0.25, 0.3) is 11.8 Å².